The normalized spacial score (nSPS) is 22.5. The van der Waals surface area contributed by atoms with Crippen LogP contribution in [0.5, 0.6) is 0 Å². The molecule has 4 N–H and O–H groups in total. The number of allylic oxidation sites excluding steroid dienone is 6. The quantitative estimate of drug-likeness (QED) is 0.215. The second kappa shape index (κ2) is 53.6. The van der Waals surface area contributed by atoms with Crippen LogP contribution in [0, 0.1) is 0 Å². The van der Waals surface area contributed by atoms with Crippen molar-refractivity contribution in [2.75, 3.05) is 0 Å². The van der Waals surface area contributed by atoms with Gasteiger partial charge in [0.1, 0.15) is 0 Å². The average Bonchev–Trinajstić information content (AvgIpc) is 3.84. The molecule has 4 fully saturated rings. The van der Waals surface area contributed by atoms with E-state index in [9.17, 15) is 0 Å². The predicted molar refractivity (Wildman–Crippen MR) is 366 cm³/mol. The second-order valence-electron chi connectivity index (χ2n) is 25.9. The first-order valence-corrected chi connectivity index (χ1v) is 37.5. The van der Waals surface area contributed by atoms with Crippen LogP contribution in [0.25, 0.3) is 35.1 Å². The molecule has 2 aromatic carbocycles. The summed E-state index contributed by atoms with van der Waals surface area (Å²) in [6, 6.07) is 21.6. The monoisotopic (exact) mass is 1160 g/mol. The van der Waals surface area contributed by atoms with Crippen molar-refractivity contribution in [3.63, 3.8) is 0 Å². The SMILES string of the molecule is C(C=Cc1ccccc1)=Cc1ccccc1.CC1=CC(C)([SiH](C)C)C(C)=C1C.[NH-]C1CCCCCCCCCCC1.[NH-]C1CCCCCCCCCCC1.[NH-]C1CCCCCCCCCCC1.[NH-]C1CCCCCCCCCCC1.[Ti+4]. The van der Waals surface area contributed by atoms with Crippen molar-refractivity contribution in [2.24, 2.45) is 0 Å². The van der Waals surface area contributed by atoms with Crippen LogP contribution in [-0.2, 0) is 21.7 Å². The van der Waals surface area contributed by atoms with E-state index in [-0.39, 0.29) is 45.9 Å². The minimum Gasteiger partial charge on any atom is -0.675 e. The number of hydrogen-bond donors (Lipinski definition) is 0. The smallest absolute Gasteiger partial charge is 0.675 e. The predicted octanol–water partition coefficient (Wildman–Crippen LogP) is 26.8. The summed E-state index contributed by atoms with van der Waals surface area (Å²) >= 11 is 0. The van der Waals surface area contributed by atoms with Gasteiger partial charge in [0.15, 0.2) is 0 Å². The fourth-order valence-electron chi connectivity index (χ4n) is 12.1. The molecule has 81 heavy (non-hydrogen) atoms. The molecule has 0 spiro atoms. The van der Waals surface area contributed by atoms with Gasteiger partial charge in [-0.3, -0.25) is 0 Å². The molecule has 0 amide bonds. The zero-order valence-electron chi connectivity index (χ0n) is 54.2. The van der Waals surface area contributed by atoms with E-state index in [1.54, 1.807) is 5.57 Å². The molecule has 2 aromatic rings. The summed E-state index contributed by atoms with van der Waals surface area (Å²) in [4.78, 5) is 0. The third-order valence-electron chi connectivity index (χ3n) is 18.4. The molecule has 4 saturated carbocycles. The fraction of sp³-hybridized carbons (Fsp3) is 0.733. The van der Waals surface area contributed by atoms with Gasteiger partial charge in [-0.25, -0.2) is 0 Å². The van der Waals surface area contributed by atoms with Crippen LogP contribution >= 0.6 is 0 Å². The Morgan fingerprint density at radius 2 is 0.543 bits per heavy atom. The minimum atomic E-state index is -0.607. The molecule has 4 nitrogen and oxygen atoms in total. The van der Waals surface area contributed by atoms with E-state index in [4.69, 9.17) is 22.9 Å². The summed E-state index contributed by atoms with van der Waals surface area (Å²) in [5.41, 5.74) is 38.3. The van der Waals surface area contributed by atoms with Gasteiger partial charge in [-0.15, -0.1) is 24.2 Å². The van der Waals surface area contributed by atoms with Crippen LogP contribution < -0.4 is 0 Å². The van der Waals surface area contributed by atoms with Gasteiger partial charge >= 0.3 is 21.7 Å². The number of benzene rings is 2. The molecule has 6 heteroatoms. The van der Waals surface area contributed by atoms with Crippen molar-refractivity contribution in [3.8, 4) is 0 Å². The molecule has 0 saturated heterocycles. The van der Waals surface area contributed by atoms with Crippen LogP contribution in [-0.4, -0.2) is 33.0 Å². The number of hydrogen-bond acceptors (Lipinski definition) is 0. The van der Waals surface area contributed by atoms with E-state index in [1.165, 1.54) is 253 Å². The Balaban J connectivity index is 0.000000486. The van der Waals surface area contributed by atoms with Gasteiger partial charge in [0.2, 0.25) is 0 Å². The van der Waals surface area contributed by atoms with E-state index >= 15 is 0 Å². The summed E-state index contributed by atoms with van der Waals surface area (Å²) in [6.45, 7) is 14.1. The van der Waals surface area contributed by atoms with Gasteiger partial charge < -0.3 is 22.9 Å². The Morgan fingerprint density at radius 3 is 0.704 bits per heavy atom. The Kier molecular flexibility index (Phi) is 51.1. The summed E-state index contributed by atoms with van der Waals surface area (Å²) in [5, 5.41) is 0.453. The van der Waals surface area contributed by atoms with Gasteiger partial charge in [0.05, 0.1) is 0 Å². The maximum absolute atomic E-state index is 7.80. The van der Waals surface area contributed by atoms with Gasteiger partial charge in [-0.05, 0) is 42.5 Å². The zero-order valence-corrected chi connectivity index (χ0v) is 56.9. The largest absolute Gasteiger partial charge is 4.00 e. The minimum absolute atomic E-state index is 0. The van der Waals surface area contributed by atoms with Crippen molar-refractivity contribution >= 4 is 20.9 Å². The third kappa shape index (κ3) is 43.4. The van der Waals surface area contributed by atoms with Gasteiger partial charge in [0, 0.05) is 8.80 Å². The van der Waals surface area contributed by atoms with Crippen LogP contribution in [0.2, 0.25) is 18.1 Å². The Morgan fingerprint density at radius 1 is 0.346 bits per heavy atom. The third-order valence-corrected chi connectivity index (χ3v) is 21.4. The van der Waals surface area contributed by atoms with Gasteiger partial charge in [-0.1, -0.05) is 405 Å². The molecule has 1 atom stereocenters. The molecular formula is C75H130N4SiTi. The van der Waals surface area contributed by atoms with Crippen LogP contribution in [0.3, 0.4) is 0 Å². The molecule has 0 heterocycles. The first-order chi connectivity index (χ1) is 38.9. The van der Waals surface area contributed by atoms with E-state index in [2.05, 4.69) is 95.4 Å². The van der Waals surface area contributed by atoms with Gasteiger partial charge in [0.25, 0.3) is 0 Å². The first kappa shape index (κ1) is 77.2. The topological polar surface area (TPSA) is 95.2 Å². The van der Waals surface area contributed by atoms with E-state index in [1.807, 2.05) is 36.4 Å². The molecule has 0 aromatic heterocycles. The van der Waals surface area contributed by atoms with Crippen molar-refractivity contribution in [1.82, 2.24) is 0 Å². The van der Waals surface area contributed by atoms with E-state index in [0.717, 1.165) is 51.4 Å². The molecule has 7 rings (SSSR count). The maximum Gasteiger partial charge on any atom is 4.00 e. The summed E-state index contributed by atoms with van der Waals surface area (Å²) < 4.78 is 0. The number of nitrogens with one attached hydrogen (secondary N) is 4. The standard InChI is InChI=1S/C16H14.4C12H24N.C11H20Si.Ti/c1-3-9-15(10-4-1)13-7-8-14-16-11-5-2-6-12-16;4*13-12-10-8-6-4-2-1-3-5-7-9-11-12;1-8-7-11(4,12(5)6)10(3)9(8)2;/h1-14H;4*12-13H,1-11H2;7,12H,1-6H3;/q;4*-1;;+4. The van der Waals surface area contributed by atoms with Crippen molar-refractivity contribution < 1.29 is 21.7 Å². The summed E-state index contributed by atoms with van der Waals surface area (Å²) in [7, 11) is -0.607. The molecule has 1 unspecified atom stereocenters. The Labute approximate surface area is 521 Å². The zero-order chi connectivity index (χ0) is 58.0. The fourth-order valence-corrected chi connectivity index (χ4v) is 13.7. The van der Waals surface area contributed by atoms with Crippen molar-refractivity contribution in [1.29, 1.82) is 0 Å². The van der Waals surface area contributed by atoms with Crippen LogP contribution in [0.4, 0.5) is 0 Å². The molecule has 5 aliphatic carbocycles. The second-order valence-corrected chi connectivity index (χ2v) is 29.4. The average molecular weight is 1160 g/mol. The molecule has 0 bridgehead atoms. The van der Waals surface area contributed by atoms with Crippen molar-refractivity contribution in [2.45, 2.75) is 353 Å². The Bertz CT molecular complexity index is 1600. The van der Waals surface area contributed by atoms with Gasteiger partial charge in [-0.2, -0.15) is 0 Å². The Hall–Kier alpha value is -1.83. The summed E-state index contributed by atoms with van der Waals surface area (Å²) in [6.07, 6.45) is 69.9. The van der Waals surface area contributed by atoms with E-state index in [0.29, 0.717) is 5.04 Å². The molecule has 5 aliphatic rings. The van der Waals surface area contributed by atoms with Crippen LogP contribution in [0.1, 0.15) is 321 Å². The number of rotatable bonds is 4. The molecule has 0 aliphatic heterocycles. The van der Waals surface area contributed by atoms with Crippen molar-refractivity contribution in [3.05, 3.63) is 130 Å². The molecule has 458 valence electrons. The molecular weight excluding hydrogens is 1030 g/mol. The maximum atomic E-state index is 7.80. The first-order valence-electron chi connectivity index (χ1n) is 34.6. The molecule has 0 radical (unpaired) electrons. The summed E-state index contributed by atoms with van der Waals surface area (Å²) in [5.74, 6) is 0. The van der Waals surface area contributed by atoms with Crippen LogP contribution in [0.15, 0.2) is 95.6 Å². The van der Waals surface area contributed by atoms with E-state index < -0.39 is 8.80 Å².